The standard InChI is InChI=1S/C24H25N5O/c1-28-17-20(16-27-28)6-4-13-25-24(30)23-8-3-2-7-22(23)21-11-9-19(10-12-21)18-29-15-5-14-26-29/h2-3,5,7-12,14-17H,4,6,13,18H2,1H3,(H,25,30). The number of nitrogens with zero attached hydrogens (tertiary/aromatic N) is 4. The molecule has 0 bridgehead atoms. The maximum atomic E-state index is 12.8. The number of carbonyl (C=O) groups excluding carboxylic acids is 1. The van der Waals surface area contributed by atoms with Crippen LogP contribution in [0.1, 0.15) is 27.9 Å². The maximum Gasteiger partial charge on any atom is 0.251 e. The van der Waals surface area contributed by atoms with E-state index in [1.54, 1.807) is 10.9 Å². The van der Waals surface area contributed by atoms with Gasteiger partial charge in [0.2, 0.25) is 0 Å². The third-order valence-electron chi connectivity index (χ3n) is 5.03. The van der Waals surface area contributed by atoms with Gasteiger partial charge in [-0.05, 0) is 47.2 Å². The first kappa shape index (κ1) is 19.6. The van der Waals surface area contributed by atoms with Gasteiger partial charge in [-0.1, -0.05) is 42.5 Å². The Morgan fingerprint density at radius 1 is 1.00 bits per heavy atom. The van der Waals surface area contributed by atoms with Crippen molar-refractivity contribution < 1.29 is 4.79 Å². The molecule has 2 heterocycles. The normalized spacial score (nSPS) is 10.8. The third-order valence-corrected chi connectivity index (χ3v) is 5.03. The molecule has 0 spiro atoms. The van der Waals surface area contributed by atoms with Crippen molar-refractivity contribution in [2.75, 3.05) is 6.54 Å². The van der Waals surface area contributed by atoms with Crippen molar-refractivity contribution in [3.8, 4) is 11.1 Å². The highest BCUT2D eigenvalue weighted by molar-refractivity contribution is 6.00. The molecule has 0 aliphatic carbocycles. The van der Waals surface area contributed by atoms with E-state index in [-0.39, 0.29) is 5.91 Å². The zero-order valence-corrected chi connectivity index (χ0v) is 17.0. The lowest BCUT2D eigenvalue weighted by atomic mass is 9.98. The summed E-state index contributed by atoms with van der Waals surface area (Å²) in [5.74, 6) is -0.0441. The van der Waals surface area contributed by atoms with E-state index in [4.69, 9.17) is 0 Å². The molecule has 0 fully saturated rings. The lowest BCUT2D eigenvalue weighted by Crippen LogP contribution is -2.25. The van der Waals surface area contributed by atoms with Gasteiger partial charge in [0.05, 0.1) is 12.7 Å². The minimum atomic E-state index is -0.0441. The van der Waals surface area contributed by atoms with Crippen molar-refractivity contribution in [2.24, 2.45) is 7.05 Å². The summed E-state index contributed by atoms with van der Waals surface area (Å²) in [4.78, 5) is 12.8. The Balaban J connectivity index is 1.39. The fourth-order valence-corrected chi connectivity index (χ4v) is 3.49. The number of hydrogen-bond donors (Lipinski definition) is 1. The summed E-state index contributed by atoms with van der Waals surface area (Å²) >= 11 is 0. The number of aryl methyl sites for hydroxylation is 2. The summed E-state index contributed by atoms with van der Waals surface area (Å²) < 4.78 is 3.69. The summed E-state index contributed by atoms with van der Waals surface area (Å²) in [6, 6.07) is 17.9. The Hall–Kier alpha value is -3.67. The van der Waals surface area contributed by atoms with Crippen molar-refractivity contribution in [1.82, 2.24) is 24.9 Å². The third kappa shape index (κ3) is 4.84. The van der Waals surface area contributed by atoms with Crippen molar-refractivity contribution in [3.05, 3.63) is 96.1 Å². The van der Waals surface area contributed by atoms with Crippen LogP contribution in [0.2, 0.25) is 0 Å². The van der Waals surface area contributed by atoms with Gasteiger partial charge in [0.25, 0.3) is 5.91 Å². The van der Waals surface area contributed by atoms with E-state index in [9.17, 15) is 4.79 Å². The molecule has 1 N–H and O–H groups in total. The molecule has 0 unspecified atom stereocenters. The van der Waals surface area contributed by atoms with Gasteiger partial charge >= 0.3 is 0 Å². The van der Waals surface area contributed by atoms with Crippen LogP contribution >= 0.6 is 0 Å². The molecule has 2 aromatic carbocycles. The van der Waals surface area contributed by atoms with Gasteiger partial charge in [-0.25, -0.2) is 0 Å². The molecule has 0 saturated carbocycles. The van der Waals surface area contributed by atoms with E-state index in [1.807, 2.05) is 60.7 Å². The molecule has 0 aliphatic heterocycles. The SMILES string of the molecule is Cn1cc(CCCNC(=O)c2ccccc2-c2ccc(Cn3cccn3)cc2)cn1. The minimum absolute atomic E-state index is 0.0441. The monoisotopic (exact) mass is 399 g/mol. The molecule has 6 nitrogen and oxygen atoms in total. The lowest BCUT2D eigenvalue weighted by molar-refractivity contribution is 0.0954. The number of carbonyl (C=O) groups is 1. The van der Waals surface area contributed by atoms with E-state index in [0.29, 0.717) is 12.1 Å². The molecule has 0 radical (unpaired) electrons. The first-order chi connectivity index (χ1) is 14.7. The van der Waals surface area contributed by atoms with Crippen LogP contribution in [0, 0.1) is 0 Å². The van der Waals surface area contributed by atoms with E-state index < -0.39 is 0 Å². The smallest absolute Gasteiger partial charge is 0.251 e. The van der Waals surface area contributed by atoms with Gasteiger partial charge in [0.15, 0.2) is 0 Å². The second-order valence-corrected chi connectivity index (χ2v) is 7.33. The van der Waals surface area contributed by atoms with E-state index >= 15 is 0 Å². The summed E-state index contributed by atoms with van der Waals surface area (Å²) in [5.41, 5.74) is 5.01. The Morgan fingerprint density at radius 3 is 2.57 bits per heavy atom. The van der Waals surface area contributed by atoms with Gasteiger partial charge in [-0.2, -0.15) is 10.2 Å². The van der Waals surface area contributed by atoms with E-state index in [1.165, 1.54) is 11.1 Å². The van der Waals surface area contributed by atoms with Gasteiger partial charge in [0.1, 0.15) is 0 Å². The summed E-state index contributed by atoms with van der Waals surface area (Å²) in [6.07, 6.45) is 9.37. The highest BCUT2D eigenvalue weighted by Crippen LogP contribution is 2.24. The highest BCUT2D eigenvalue weighted by Gasteiger charge is 2.12. The van der Waals surface area contributed by atoms with E-state index in [2.05, 4.69) is 39.8 Å². The topological polar surface area (TPSA) is 64.7 Å². The van der Waals surface area contributed by atoms with Gasteiger partial charge in [0, 0.05) is 37.7 Å². The van der Waals surface area contributed by atoms with Crippen LogP contribution in [-0.4, -0.2) is 32.0 Å². The Kier molecular flexibility index (Phi) is 6.03. The van der Waals surface area contributed by atoms with Gasteiger partial charge in [-0.15, -0.1) is 0 Å². The van der Waals surface area contributed by atoms with Crippen molar-refractivity contribution in [2.45, 2.75) is 19.4 Å². The minimum Gasteiger partial charge on any atom is -0.352 e. The zero-order chi connectivity index (χ0) is 20.8. The molecule has 0 atom stereocenters. The number of hydrogen-bond acceptors (Lipinski definition) is 3. The van der Waals surface area contributed by atoms with Crippen LogP contribution in [0.3, 0.4) is 0 Å². The van der Waals surface area contributed by atoms with Crippen molar-refractivity contribution in [3.63, 3.8) is 0 Å². The van der Waals surface area contributed by atoms with E-state index in [0.717, 1.165) is 30.5 Å². The molecule has 152 valence electrons. The quantitative estimate of drug-likeness (QED) is 0.460. The summed E-state index contributed by atoms with van der Waals surface area (Å²) in [6.45, 7) is 1.36. The number of benzene rings is 2. The molecule has 1 amide bonds. The van der Waals surface area contributed by atoms with Crippen LogP contribution in [0.25, 0.3) is 11.1 Å². The largest absolute Gasteiger partial charge is 0.352 e. The fourth-order valence-electron chi connectivity index (χ4n) is 3.49. The zero-order valence-electron chi connectivity index (χ0n) is 17.0. The molecular formula is C24H25N5O. The molecular weight excluding hydrogens is 374 g/mol. The maximum absolute atomic E-state index is 12.8. The molecule has 30 heavy (non-hydrogen) atoms. The highest BCUT2D eigenvalue weighted by atomic mass is 16.1. The Labute approximate surface area is 176 Å². The lowest BCUT2D eigenvalue weighted by Gasteiger charge is -2.11. The number of nitrogens with one attached hydrogen (secondary N) is 1. The second-order valence-electron chi connectivity index (χ2n) is 7.33. The number of aromatic nitrogens is 4. The first-order valence-corrected chi connectivity index (χ1v) is 10.1. The van der Waals surface area contributed by atoms with Crippen LogP contribution < -0.4 is 5.32 Å². The van der Waals surface area contributed by atoms with Crippen molar-refractivity contribution in [1.29, 1.82) is 0 Å². The summed E-state index contributed by atoms with van der Waals surface area (Å²) in [5, 5.41) is 11.5. The van der Waals surface area contributed by atoms with Crippen LogP contribution in [0.4, 0.5) is 0 Å². The molecule has 4 rings (SSSR count). The van der Waals surface area contributed by atoms with Gasteiger partial charge in [-0.3, -0.25) is 14.2 Å². The average Bonchev–Trinajstić information content (AvgIpc) is 3.43. The summed E-state index contributed by atoms with van der Waals surface area (Å²) in [7, 11) is 1.91. The van der Waals surface area contributed by atoms with Crippen molar-refractivity contribution >= 4 is 5.91 Å². The average molecular weight is 399 g/mol. The molecule has 4 aromatic rings. The Bertz CT molecular complexity index is 1100. The molecule has 0 saturated heterocycles. The molecule has 0 aliphatic rings. The predicted octanol–water partition coefficient (Wildman–Crippen LogP) is 3.69. The molecule has 2 aromatic heterocycles. The Morgan fingerprint density at radius 2 is 1.83 bits per heavy atom. The first-order valence-electron chi connectivity index (χ1n) is 10.1. The number of rotatable bonds is 8. The van der Waals surface area contributed by atoms with Crippen LogP contribution in [0.15, 0.2) is 79.4 Å². The van der Waals surface area contributed by atoms with Gasteiger partial charge < -0.3 is 5.32 Å². The second kappa shape index (κ2) is 9.22. The predicted molar refractivity (Wildman–Crippen MR) is 117 cm³/mol. The fraction of sp³-hybridized carbons (Fsp3) is 0.208. The number of amides is 1. The van der Waals surface area contributed by atoms with Crippen LogP contribution in [-0.2, 0) is 20.0 Å². The van der Waals surface area contributed by atoms with Crippen LogP contribution in [0.5, 0.6) is 0 Å². The molecule has 6 heteroatoms.